The Bertz CT molecular complexity index is 2250. The first-order valence-corrected chi connectivity index (χ1v) is 27.0. The lowest BCUT2D eigenvalue weighted by Crippen LogP contribution is -2.54. The van der Waals surface area contributed by atoms with E-state index in [9.17, 15) is 18.0 Å². The number of allylic oxidation sites excluding steroid dienone is 4. The highest BCUT2D eigenvalue weighted by Crippen LogP contribution is 2.54. The fraction of sp³-hybridized carbons (Fsp3) is 0.608. The predicted octanol–water partition coefficient (Wildman–Crippen LogP) is 9.09. The zero-order valence-electron chi connectivity index (χ0n) is 38.4. The van der Waals surface area contributed by atoms with Crippen LogP contribution in [-0.4, -0.2) is 91.2 Å². The molecule has 9 rings (SSSR count). The number of sulfonamides is 1. The number of nitrogens with zero attached hydrogens (tertiary/aromatic N) is 1. The Hall–Kier alpha value is -3.98. The summed E-state index contributed by atoms with van der Waals surface area (Å²) in [4.78, 5) is 28.8. The van der Waals surface area contributed by atoms with Gasteiger partial charge in [0.25, 0.3) is 5.91 Å². The molecular formula is C51H68N4O8S2. The highest BCUT2D eigenvalue weighted by atomic mass is 32.2. The van der Waals surface area contributed by atoms with E-state index in [4.69, 9.17) is 18.9 Å². The second kappa shape index (κ2) is 20.1. The lowest BCUT2D eigenvalue weighted by Gasteiger charge is -2.31. The molecule has 14 heteroatoms. The van der Waals surface area contributed by atoms with Gasteiger partial charge in [0.05, 0.1) is 23.0 Å². The lowest BCUT2D eigenvalue weighted by molar-refractivity contribution is -0.121. The van der Waals surface area contributed by atoms with Gasteiger partial charge in [-0.15, -0.1) is 11.8 Å². The molecule has 0 aromatic heterocycles. The van der Waals surface area contributed by atoms with Gasteiger partial charge in [-0.1, -0.05) is 69.2 Å². The van der Waals surface area contributed by atoms with Crippen LogP contribution in [0.15, 0.2) is 77.8 Å². The zero-order valence-corrected chi connectivity index (χ0v) is 40.0. The van der Waals surface area contributed by atoms with Crippen LogP contribution in [0.1, 0.15) is 134 Å². The smallest absolute Gasteiger partial charge is 0.407 e. The molecule has 0 radical (unpaired) electrons. The number of carbonyl (C=O) groups excluding carboxylic acids is 2. The molecule has 2 amide bonds. The maximum atomic E-state index is 14.1. The molecule has 4 fully saturated rings. The third kappa shape index (κ3) is 10.5. The van der Waals surface area contributed by atoms with Crippen molar-refractivity contribution in [2.75, 3.05) is 26.2 Å². The van der Waals surface area contributed by atoms with Crippen molar-refractivity contribution in [3.05, 3.63) is 88.9 Å². The van der Waals surface area contributed by atoms with Crippen LogP contribution < -0.4 is 24.8 Å². The van der Waals surface area contributed by atoms with E-state index in [0.29, 0.717) is 45.5 Å². The Labute approximate surface area is 390 Å². The van der Waals surface area contributed by atoms with Gasteiger partial charge in [-0.05, 0) is 119 Å². The van der Waals surface area contributed by atoms with E-state index in [0.717, 1.165) is 111 Å². The second-order valence-electron chi connectivity index (χ2n) is 19.2. The van der Waals surface area contributed by atoms with Crippen LogP contribution >= 0.6 is 11.8 Å². The Morgan fingerprint density at radius 3 is 2.49 bits per heavy atom. The fourth-order valence-corrected chi connectivity index (χ4v) is 13.4. The van der Waals surface area contributed by atoms with Gasteiger partial charge in [-0.2, -0.15) is 0 Å². The van der Waals surface area contributed by atoms with E-state index in [1.807, 2.05) is 13.0 Å². The van der Waals surface area contributed by atoms with Crippen molar-refractivity contribution in [1.82, 2.24) is 20.3 Å². The summed E-state index contributed by atoms with van der Waals surface area (Å²) in [6, 6.07) is 16.5. The Morgan fingerprint density at radius 1 is 0.938 bits per heavy atom. The highest BCUT2D eigenvalue weighted by molar-refractivity contribution is 8.10. The van der Waals surface area contributed by atoms with Crippen molar-refractivity contribution in [3.8, 4) is 11.5 Å². The molecule has 12 nitrogen and oxygen atoms in total. The average molecular weight is 929 g/mol. The molecule has 0 spiro atoms. The highest BCUT2D eigenvalue weighted by Gasteiger charge is 2.62. The van der Waals surface area contributed by atoms with Crippen molar-refractivity contribution in [2.24, 2.45) is 5.92 Å². The number of hydrogen-bond donors (Lipinski definition) is 3. The number of nitrogens with one attached hydrogen (secondary N) is 3. The summed E-state index contributed by atoms with van der Waals surface area (Å²) >= 11 is 1.47. The van der Waals surface area contributed by atoms with Crippen LogP contribution in [0.2, 0.25) is 0 Å². The van der Waals surface area contributed by atoms with Crippen LogP contribution in [0.25, 0.3) is 5.57 Å². The molecule has 4 aliphatic heterocycles. The van der Waals surface area contributed by atoms with Gasteiger partial charge in [0.2, 0.25) is 10.0 Å². The van der Waals surface area contributed by atoms with Gasteiger partial charge in [0.1, 0.15) is 23.7 Å². The maximum absolute atomic E-state index is 14.1. The Balaban J connectivity index is 1.05. The molecule has 4 heterocycles. The first-order valence-electron chi connectivity index (χ1n) is 24.5. The van der Waals surface area contributed by atoms with Gasteiger partial charge < -0.3 is 24.3 Å². The molecule has 0 bridgehead atoms. The molecule has 65 heavy (non-hydrogen) atoms. The summed E-state index contributed by atoms with van der Waals surface area (Å²) in [6.45, 7) is 8.72. The SMILES string of the molecule is CCOc1ccc(C2=C(CC)C(OC3CC4CNC5(C(=O)NS(=O)(=O)C6CC6)SC5C=CCCCCCC(NC(=O)OC5CCCC5)CN4C3)=C3Oc4ccccc4C3C(C)CC2)cc1. The van der Waals surface area contributed by atoms with Crippen molar-refractivity contribution < 1.29 is 37.0 Å². The van der Waals surface area contributed by atoms with E-state index in [1.165, 1.54) is 22.9 Å². The quantitative estimate of drug-likeness (QED) is 0.147. The molecule has 3 N–H and O–H groups in total. The van der Waals surface area contributed by atoms with E-state index >= 15 is 0 Å². The molecule has 3 aliphatic carbocycles. The number of hydrogen-bond acceptors (Lipinski definition) is 11. The number of para-hydroxylation sites is 1. The fourth-order valence-electron chi connectivity index (χ4n) is 10.8. The normalized spacial score (nSPS) is 30.0. The molecule has 352 valence electrons. The number of amides is 2. The van der Waals surface area contributed by atoms with Gasteiger partial charge in [-0.3, -0.25) is 19.7 Å². The summed E-state index contributed by atoms with van der Waals surface area (Å²) in [7, 11) is -3.74. The zero-order chi connectivity index (χ0) is 45.1. The molecule has 2 aromatic carbocycles. The molecule has 2 aromatic rings. The largest absolute Gasteiger partial charge is 0.494 e. The number of alkyl carbamates (subject to hydrolysis) is 1. The lowest BCUT2D eigenvalue weighted by atomic mass is 9.78. The molecule has 7 atom stereocenters. The van der Waals surface area contributed by atoms with Gasteiger partial charge >= 0.3 is 6.09 Å². The summed E-state index contributed by atoms with van der Waals surface area (Å²) in [5.41, 5.74) is 4.73. The minimum Gasteiger partial charge on any atom is -0.494 e. The molecule has 2 saturated carbocycles. The van der Waals surface area contributed by atoms with Gasteiger partial charge in [0.15, 0.2) is 16.4 Å². The minimum atomic E-state index is -3.74. The molecule has 2 saturated heterocycles. The van der Waals surface area contributed by atoms with E-state index in [-0.39, 0.29) is 47.5 Å². The average Bonchev–Trinajstić information content (AvgIpc) is 4.12. The van der Waals surface area contributed by atoms with Crippen molar-refractivity contribution >= 4 is 39.4 Å². The Morgan fingerprint density at radius 2 is 1.72 bits per heavy atom. The first kappa shape index (κ1) is 46.1. The number of carbonyl (C=O) groups is 2. The number of rotatable bonds is 11. The molecule has 7 unspecified atom stereocenters. The topological polar surface area (TPSA) is 145 Å². The summed E-state index contributed by atoms with van der Waals surface area (Å²) in [5, 5.41) is 6.22. The third-order valence-corrected chi connectivity index (χ3v) is 17.8. The Kier molecular flexibility index (Phi) is 14.3. The van der Waals surface area contributed by atoms with Crippen LogP contribution in [0.4, 0.5) is 4.79 Å². The first-order chi connectivity index (χ1) is 31.5. The van der Waals surface area contributed by atoms with E-state index in [2.05, 4.69) is 88.7 Å². The number of ether oxygens (including phenoxy) is 4. The number of benzene rings is 2. The second-order valence-corrected chi connectivity index (χ2v) is 22.6. The van der Waals surface area contributed by atoms with Gasteiger partial charge in [-0.25, -0.2) is 13.2 Å². The minimum absolute atomic E-state index is 0.0391. The van der Waals surface area contributed by atoms with Crippen LogP contribution in [0.3, 0.4) is 0 Å². The number of fused-ring (bicyclic) bond motifs is 5. The van der Waals surface area contributed by atoms with Gasteiger partial charge in [0, 0.05) is 49.3 Å². The van der Waals surface area contributed by atoms with Crippen molar-refractivity contribution in [2.45, 2.75) is 163 Å². The van der Waals surface area contributed by atoms with Crippen LogP contribution in [0, 0.1) is 5.92 Å². The van der Waals surface area contributed by atoms with Crippen LogP contribution in [0.5, 0.6) is 11.5 Å². The third-order valence-electron chi connectivity index (χ3n) is 14.6. The maximum Gasteiger partial charge on any atom is 0.407 e. The predicted molar refractivity (Wildman–Crippen MR) is 255 cm³/mol. The monoisotopic (exact) mass is 928 g/mol. The van der Waals surface area contributed by atoms with Crippen molar-refractivity contribution in [1.29, 1.82) is 0 Å². The van der Waals surface area contributed by atoms with E-state index in [1.54, 1.807) is 0 Å². The van der Waals surface area contributed by atoms with E-state index < -0.39 is 26.1 Å². The van der Waals surface area contributed by atoms with Crippen LogP contribution in [-0.2, 0) is 24.3 Å². The van der Waals surface area contributed by atoms with Crippen molar-refractivity contribution in [3.63, 3.8) is 0 Å². The summed E-state index contributed by atoms with van der Waals surface area (Å²) in [5.74, 6) is 3.22. The molecular weight excluding hydrogens is 861 g/mol. The number of thioether (sulfide) groups is 1. The summed E-state index contributed by atoms with van der Waals surface area (Å²) in [6.07, 6.45) is 16.6. The standard InChI is InChI=1S/C51H68N4O8S2/c1-4-41-42(34-22-24-37(25-23-34)60-5-2)28-21-33(3)46-43-18-13-14-19-44(43)63-48(46)47(41)61-39-29-36-30-52-51(49(56)54-65(58,59)40-26-27-40)45(64-51)20-10-8-6-7-9-15-35(31-55(36)32-39)53-50(57)62-38-16-11-12-17-38/h10,13-14,18-20,22-25,33,35-36,38-40,45-46,52H,4-9,11-12,15-17,21,26-32H2,1-3H3,(H,53,57)(H,54,56). The summed E-state index contributed by atoms with van der Waals surface area (Å²) < 4.78 is 54.8. The molecule has 7 aliphatic rings.